The molecule has 1 atom stereocenters. The van der Waals surface area contributed by atoms with E-state index in [4.69, 9.17) is 0 Å². The Morgan fingerprint density at radius 3 is 3.00 bits per heavy atom. The van der Waals surface area contributed by atoms with Crippen LogP contribution in [-0.2, 0) is 13.0 Å². The summed E-state index contributed by atoms with van der Waals surface area (Å²) >= 11 is 3.92. The third-order valence-corrected chi connectivity index (χ3v) is 5.87. The van der Waals surface area contributed by atoms with Crippen LogP contribution in [0.4, 0.5) is 0 Å². The van der Waals surface area contributed by atoms with Gasteiger partial charge in [0.25, 0.3) is 0 Å². The fraction of sp³-hybridized carbons (Fsp3) is 0.769. The number of rotatable bonds is 4. The van der Waals surface area contributed by atoms with Crippen LogP contribution in [0.5, 0.6) is 0 Å². The quantitative estimate of drug-likeness (QED) is 0.908. The Morgan fingerprint density at radius 2 is 2.35 bits per heavy atom. The summed E-state index contributed by atoms with van der Waals surface area (Å²) in [5.74, 6) is 2.54. The van der Waals surface area contributed by atoms with Gasteiger partial charge in [0.2, 0.25) is 0 Å². The highest BCUT2D eigenvalue weighted by Crippen LogP contribution is 2.33. The summed E-state index contributed by atoms with van der Waals surface area (Å²) in [6.45, 7) is 7.86. The van der Waals surface area contributed by atoms with E-state index in [1.54, 1.807) is 0 Å². The minimum absolute atomic E-state index is 0.484. The molecule has 1 saturated heterocycles. The summed E-state index contributed by atoms with van der Waals surface area (Å²) in [7, 11) is 0. The lowest BCUT2D eigenvalue weighted by Crippen LogP contribution is -2.39. The third-order valence-electron chi connectivity index (χ3n) is 3.10. The zero-order valence-corrected chi connectivity index (χ0v) is 12.6. The zero-order valence-electron chi connectivity index (χ0n) is 11.0. The van der Waals surface area contributed by atoms with Crippen molar-refractivity contribution in [3.8, 4) is 0 Å². The molecule has 17 heavy (non-hydrogen) atoms. The van der Waals surface area contributed by atoms with Gasteiger partial charge in [-0.1, -0.05) is 20.8 Å². The smallest absolute Gasteiger partial charge is 0.107 e. The van der Waals surface area contributed by atoms with Crippen LogP contribution in [0, 0.1) is 5.41 Å². The number of thioether (sulfide) groups is 1. The number of hydrogen-bond donors (Lipinski definition) is 1. The van der Waals surface area contributed by atoms with Crippen LogP contribution >= 0.6 is 23.1 Å². The molecule has 1 aromatic heterocycles. The molecule has 0 spiro atoms. The molecule has 1 unspecified atom stereocenters. The van der Waals surface area contributed by atoms with Gasteiger partial charge in [0, 0.05) is 29.4 Å². The van der Waals surface area contributed by atoms with Crippen molar-refractivity contribution in [1.82, 2.24) is 10.3 Å². The first-order valence-corrected chi connectivity index (χ1v) is 8.31. The standard InChI is InChI=1S/C13H22N2S2/c1-4-11-6-15-12(17-11)7-14-10-5-13(2,3)9-16-8-10/h6,10,14H,4-5,7-9H2,1-3H3. The number of hydrogen-bond acceptors (Lipinski definition) is 4. The monoisotopic (exact) mass is 270 g/mol. The second-order valence-electron chi connectivity index (χ2n) is 5.54. The van der Waals surface area contributed by atoms with E-state index in [2.05, 4.69) is 42.8 Å². The van der Waals surface area contributed by atoms with Gasteiger partial charge >= 0.3 is 0 Å². The summed E-state index contributed by atoms with van der Waals surface area (Å²) in [6.07, 6.45) is 4.40. The Labute approximate surface area is 113 Å². The summed E-state index contributed by atoms with van der Waals surface area (Å²) in [5.41, 5.74) is 0.484. The average Bonchev–Trinajstić information content (AvgIpc) is 2.73. The van der Waals surface area contributed by atoms with Crippen molar-refractivity contribution in [2.24, 2.45) is 5.41 Å². The van der Waals surface area contributed by atoms with Gasteiger partial charge in [-0.25, -0.2) is 4.98 Å². The van der Waals surface area contributed by atoms with E-state index in [1.807, 2.05) is 17.5 Å². The molecule has 2 nitrogen and oxygen atoms in total. The van der Waals surface area contributed by atoms with Gasteiger partial charge in [-0.15, -0.1) is 11.3 Å². The fourth-order valence-corrected chi connectivity index (χ4v) is 4.34. The molecule has 0 amide bonds. The van der Waals surface area contributed by atoms with Crippen LogP contribution in [0.25, 0.3) is 0 Å². The van der Waals surface area contributed by atoms with Crippen molar-refractivity contribution < 1.29 is 0 Å². The lowest BCUT2D eigenvalue weighted by molar-refractivity contribution is 0.317. The first kappa shape index (κ1) is 13.4. The fourth-order valence-electron chi connectivity index (χ4n) is 2.22. The van der Waals surface area contributed by atoms with Crippen molar-refractivity contribution >= 4 is 23.1 Å². The maximum atomic E-state index is 4.46. The summed E-state index contributed by atoms with van der Waals surface area (Å²) < 4.78 is 0. The van der Waals surface area contributed by atoms with Gasteiger partial charge in [0.15, 0.2) is 0 Å². The molecule has 2 heterocycles. The Balaban J connectivity index is 1.81. The Bertz CT molecular complexity index is 360. The topological polar surface area (TPSA) is 24.9 Å². The van der Waals surface area contributed by atoms with E-state index in [0.717, 1.165) is 13.0 Å². The van der Waals surface area contributed by atoms with Crippen LogP contribution < -0.4 is 5.32 Å². The molecule has 0 saturated carbocycles. The third kappa shape index (κ3) is 3.97. The summed E-state index contributed by atoms with van der Waals surface area (Å²) in [6, 6.07) is 0.651. The predicted octanol–water partition coefficient (Wildman–Crippen LogP) is 3.33. The van der Waals surface area contributed by atoms with E-state index in [0.29, 0.717) is 11.5 Å². The molecule has 1 aliphatic rings. The van der Waals surface area contributed by atoms with Gasteiger partial charge in [-0.3, -0.25) is 0 Å². The largest absolute Gasteiger partial charge is 0.307 e. The number of aryl methyl sites for hydroxylation is 1. The molecule has 1 fully saturated rings. The lowest BCUT2D eigenvalue weighted by atomic mass is 9.88. The van der Waals surface area contributed by atoms with Gasteiger partial charge in [-0.2, -0.15) is 11.8 Å². The molecule has 0 aromatic carbocycles. The van der Waals surface area contributed by atoms with Crippen LogP contribution in [0.15, 0.2) is 6.20 Å². The first-order chi connectivity index (χ1) is 8.09. The van der Waals surface area contributed by atoms with Crippen molar-refractivity contribution in [3.05, 3.63) is 16.1 Å². The average molecular weight is 270 g/mol. The van der Waals surface area contributed by atoms with Crippen molar-refractivity contribution in [1.29, 1.82) is 0 Å². The van der Waals surface area contributed by atoms with Gasteiger partial charge in [-0.05, 0) is 24.0 Å². The zero-order chi connectivity index (χ0) is 12.3. The lowest BCUT2D eigenvalue weighted by Gasteiger charge is -2.35. The molecule has 96 valence electrons. The first-order valence-electron chi connectivity index (χ1n) is 6.34. The second kappa shape index (κ2) is 5.72. The SMILES string of the molecule is CCc1cnc(CNC2CSCC(C)(C)C2)s1. The maximum Gasteiger partial charge on any atom is 0.107 e. The highest BCUT2D eigenvalue weighted by Gasteiger charge is 2.28. The minimum Gasteiger partial charge on any atom is -0.307 e. The van der Waals surface area contributed by atoms with Crippen LogP contribution in [0.2, 0.25) is 0 Å². The second-order valence-corrected chi connectivity index (χ2v) is 7.77. The predicted molar refractivity (Wildman–Crippen MR) is 77.8 cm³/mol. The molecule has 1 N–H and O–H groups in total. The van der Waals surface area contributed by atoms with Crippen molar-refractivity contribution in [2.45, 2.75) is 46.2 Å². The van der Waals surface area contributed by atoms with Gasteiger partial charge in [0.1, 0.15) is 5.01 Å². The van der Waals surface area contributed by atoms with Crippen LogP contribution in [0.3, 0.4) is 0 Å². The normalized spacial score (nSPS) is 23.8. The maximum absolute atomic E-state index is 4.46. The molecular weight excluding hydrogens is 248 g/mol. The molecule has 0 bridgehead atoms. The van der Waals surface area contributed by atoms with E-state index in [-0.39, 0.29) is 0 Å². The molecule has 0 aliphatic carbocycles. The molecule has 1 aromatic rings. The van der Waals surface area contributed by atoms with Crippen LogP contribution in [0.1, 0.15) is 37.1 Å². The van der Waals surface area contributed by atoms with Crippen LogP contribution in [-0.4, -0.2) is 22.5 Å². The molecule has 2 rings (SSSR count). The van der Waals surface area contributed by atoms with Crippen molar-refractivity contribution in [2.75, 3.05) is 11.5 Å². The number of nitrogens with zero attached hydrogens (tertiary/aromatic N) is 1. The Kier molecular flexibility index (Phi) is 4.50. The van der Waals surface area contributed by atoms with Crippen molar-refractivity contribution in [3.63, 3.8) is 0 Å². The minimum atomic E-state index is 0.484. The Hall–Kier alpha value is -0.0600. The summed E-state index contributed by atoms with van der Waals surface area (Å²) in [4.78, 5) is 5.85. The van der Waals surface area contributed by atoms with E-state index in [9.17, 15) is 0 Å². The molecule has 1 aliphatic heterocycles. The van der Waals surface area contributed by atoms with Gasteiger partial charge in [0.05, 0.1) is 0 Å². The van der Waals surface area contributed by atoms with Gasteiger partial charge < -0.3 is 5.32 Å². The molecule has 4 heteroatoms. The van der Waals surface area contributed by atoms with E-state index < -0.39 is 0 Å². The van der Waals surface area contributed by atoms with E-state index in [1.165, 1.54) is 27.8 Å². The summed E-state index contributed by atoms with van der Waals surface area (Å²) in [5, 5.41) is 4.89. The highest BCUT2D eigenvalue weighted by molar-refractivity contribution is 7.99. The molecular formula is C13H22N2S2. The van der Waals surface area contributed by atoms with E-state index >= 15 is 0 Å². The number of thiazole rings is 1. The Morgan fingerprint density at radius 1 is 1.53 bits per heavy atom. The number of nitrogens with one attached hydrogen (secondary N) is 1. The highest BCUT2D eigenvalue weighted by atomic mass is 32.2. The number of aromatic nitrogens is 1. The molecule has 0 radical (unpaired) electrons.